The monoisotopic (exact) mass is 595 g/mol. The summed E-state index contributed by atoms with van der Waals surface area (Å²) in [6.45, 7) is 7.14. The molecule has 2 aromatic rings. The van der Waals surface area contributed by atoms with E-state index in [0.29, 0.717) is 31.0 Å². The van der Waals surface area contributed by atoms with E-state index in [1.807, 2.05) is 38.1 Å². The molecule has 0 saturated carbocycles. The number of unbranched alkanes of at least 4 members (excludes halogenated alkanes) is 1. The molecule has 0 aliphatic carbocycles. The number of nitrogens with zero attached hydrogens (tertiary/aromatic N) is 2. The van der Waals surface area contributed by atoms with Gasteiger partial charge in [0.2, 0.25) is 21.8 Å². The van der Waals surface area contributed by atoms with Crippen LogP contribution in [0.2, 0.25) is 0 Å². The van der Waals surface area contributed by atoms with E-state index in [0.717, 1.165) is 29.1 Å². The number of ether oxygens (including phenoxy) is 1. The first-order chi connectivity index (χ1) is 17.6. The van der Waals surface area contributed by atoms with Crippen LogP contribution in [-0.4, -0.2) is 57.1 Å². The average Bonchev–Trinajstić information content (AvgIpc) is 2.85. The number of hydrogen-bond donors (Lipinski definition) is 1. The van der Waals surface area contributed by atoms with Crippen molar-refractivity contribution in [3.8, 4) is 5.75 Å². The van der Waals surface area contributed by atoms with Crippen molar-refractivity contribution in [2.24, 2.45) is 0 Å². The van der Waals surface area contributed by atoms with Gasteiger partial charge in [0, 0.05) is 30.5 Å². The number of sulfonamides is 1. The first kappa shape index (κ1) is 30.6. The topological polar surface area (TPSA) is 96.0 Å². The van der Waals surface area contributed by atoms with Crippen molar-refractivity contribution in [3.05, 3.63) is 58.6 Å². The van der Waals surface area contributed by atoms with Crippen LogP contribution in [-0.2, 0) is 26.2 Å². The number of nitrogens with one attached hydrogen (secondary N) is 1. The third kappa shape index (κ3) is 10.0. The minimum atomic E-state index is -3.56. The molecule has 1 N–H and O–H groups in total. The molecule has 0 bridgehead atoms. The summed E-state index contributed by atoms with van der Waals surface area (Å²) in [5.74, 6) is 0.242. The predicted octanol–water partition coefficient (Wildman–Crippen LogP) is 4.73. The summed E-state index contributed by atoms with van der Waals surface area (Å²) in [6, 6.07) is 13.8. The Labute approximate surface area is 229 Å². The Bertz CT molecular complexity index is 1130. The van der Waals surface area contributed by atoms with E-state index in [1.165, 1.54) is 4.31 Å². The van der Waals surface area contributed by atoms with Gasteiger partial charge in [0.1, 0.15) is 11.8 Å². The summed E-state index contributed by atoms with van der Waals surface area (Å²) in [5, 5.41) is 2.91. The minimum absolute atomic E-state index is 0.101. The zero-order valence-corrected chi connectivity index (χ0v) is 24.5. The molecule has 0 saturated heterocycles. The summed E-state index contributed by atoms with van der Waals surface area (Å²) >= 11 is 3.46. The molecule has 10 heteroatoms. The smallest absolute Gasteiger partial charge is 0.242 e. The maximum absolute atomic E-state index is 13.3. The van der Waals surface area contributed by atoms with Gasteiger partial charge in [0.05, 0.1) is 18.6 Å². The van der Waals surface area contributed by atoms with Crippen LogP contribution in [0.3, 0.4) is 0 Å². The molecule has 0 spiro atoms. The zero-order valence-electron chi connectivity index (χ0n) is 22.1. The quantitative estimate of drug-likeness (QED) is 0.300. The number of hydrogen-bond acceptors (Lipinski definition) is 5. The highest BCUT2D eigenvalue weighted by molar-refractivity contribution is 9.10. The first-order valence-electron chi connectivity index (χ1n) is 12.6. The molecule has 0 radical (unpaired) electrons. The van der Waals surface area contributed by atoms with Gasteiger partial charge in [-0.1, -0.05) is 41.4 Å². The Morgan fingerprint density at radius 3 is 2.38 bits per heavy atom. The highest BCUT2D eigenvalue weighted by Gasteiger charge is 2.26. The molecule has 1 unspecified atom stereocenters. The third-order valence-electron chi connectivity index (χ3n) is 5.83. The lowest BCUT2D eigenvalue weighted by molar-refractivity contribution is -0.140. The largest absolute Gasteiger partial charge is 0.494 e. The molecule has 8 nitrogen and oxygen atoms in total. The first-order valence-corrected chi connectivity index (χ1v) is 15.2. The molecule has 0 aliphatic heterocycles. The lowest BCUT2D eigenvalue weighted by atomic mass is 10.1. The number of carbonyl (C=O) groups is 2. The van der Waals surface area contributed by atoms with E-state index in [1.54, 1.807) is 36.1 Å². The molecule has 0 heterocycles. The van der Waals surface area contributed by atoms with Gasteiger partial charge in [-0.3, -0.25) is 13.9 Å². The molecule has 2 aromatic carbocycles. The van der Waals surface area contributed by atoms with E-state index in [4.69, 9.17) is 4.74 Å². The summed E-state index contributed by atoms with van der Waals surface area (Å²) in [7, 11) is -3.56. The van der Waals surface area contributed by atoms with Crippen LogP contribution in [0.5, 0.6) is 5.75 Å². The Kier molecular flexibility index (Phi) is 12.4. The van der Waals surface area contributed by atoms with Crippen LogP contribution in [0.25, 0.3) is 0 Å². The van der Waals surface area contributed by atoms with E-state index in [9.17, 15) is 18.0 Å². The van der Waals surface area contributed by atoms with Crippen LogP contribution in [0.15, 0.2) is 53.0 Å². The number of halogens is 1. The van der Waals surface area contributed by atoms with Crippen molar-refractivity contribution < 1.29 is 22.7 Å². The summed E-state index contributed by atoms with van der Waals surface area (Å²) < 4.78 is 32.6. The molecule has 0 aliphatic rings. The van der Waals surface area contributed by atoms with Gasteiger partial charge in [0.15, 0.2) is 0 Å². The SMILES string of the molecule is CCCCNC(=O)C(C)N(Cc1cccc(Br)c1)C(=O)CCCN(c1ccc(OCC)cc1)S(C)(=O)=O. The van der Waals surface area contributed by atoms with Crippen molar-refractivity contribution in [3.63, 3.8) is 0 Å². The minimum Gasteiger partial charge on any atom is -0.494 e. The summed E-state index contributed by atoms with van der Waals surface area (Å²) in [4.78, 5) is 27.7. The van der Waals surface area contributed by atoms with Gasteiger partial charge in [-0.05, 0) is 68.7 Å². The van der Waals surface area contributed by atoms with Crippen LogP contribution < -0.4 is 14.4 Å². The van der Waals surface area contributed by atoms with Gasteiger partial charge in [-0.2, -0.15) is 0 Å². The van der Waals surface area contributed by atoms with Gasteiger partial charge < -0.3 is 15.0 Å². The fourth-order valence-corrected chi connectivity index (χ4v) is 5.24. The number of benzene rings is 2. The summed E-state index contributed by atoms with van der Waals surface area (Å²) in [6.07, 6.45) is 3.38. The summed E-state index contributed by atoms with van der Waals surface area (Å²) in [5.41, 5.74) is 1.40. The lowest BCUT2D eigenvalue weighted by Crippen LogP contribution is -2.48. The molecule has 2 rings (SSSR count). The number of amides is 2. The highest BCUT2D eigenvalue weighted by atomic mass is 79.9. The second-order valence-corrected chi connectivity index (χ2v) is 11.7. The average molecular weight is 597 g/mol. The van der Waals surface area contributed by atoms with Gasteiger partial charge in [-0.15, -0.1) is 0 Å². The maximum Gasteiger partial charge on any atom is 0.242 e. The van der Waals surface area contributed by atoms with Crippen molar-refractivity contribution in [1.82, 2.24) is 10.2 Å². The maximum atomic E-state index is 13.3. The van der Waals surface area contributed by atoms with Crippen molar-refractivity contribution >= 4 is 43.5 Å². The van der Waals surface area contributed by atoms with E-state index < -0.39 is 16.1 Å². The lowest BCUT2D eigenvalue weighted by Gasteiger charge is -2.29. The van der Waals surface area contributed by atoms with Crippen molar-refractivity contribution in [2.75, 3.05) is 30.3 Å². The Balaban J connectivity index is 2.13. The van der Waals surface area contributed by atoms with E-state index >= 15 is 0 Å². The van der Waals surface area contributed by atoms with Gasteiger partial charge in [0.25, 0.3) is 0 Å². The molecule has 1 atom stereocenters. The molecule has 0 fully saturated rings. The molecular weight excluding hydrogens is 558 g/mol. The Hall–Kier alpha value is -2.59. The van der Waals surface area contributed by atoms with Crippen LogP contribution in [0.4, 0.5) is 5.69 Å². The second kappa shape index (κ2) is 15.0. The highest BCUT2D eigenvalue weighted by Crippen LogP contribution is 2.23. The molecule has 37 heavy (non-hydrogen) atoms. The molecule has 2 amide bonds. The standard InChI is InChI=1S/C27H38BrN3O5S/c1-5-7-17-29-27(33)21(3)30(20-22-10-8-11-23(28)19-22)26(32)12-9-18-31(37(4,34)35)24-13-15-25(16-14-24)36-6-2/h8,10-11,13-16,19,21H,5-7,9,12,17-18,20H2,1-4H3,(H,29,33). The molecule has 0 aromatic heterocycles. The number of anilines is 1. The number of carbonyl (C=O) groups excluding carboxylic acids is 2. The van der Waals surface area contributed by atoms with E-state index in [-0.39, 0.29) is 31.3 Å². The predicted molar refractivity (Wildman–Crippen MR) is 151 cm³/mol. The van der Waals surface area contributed by atoms with E-state index in [2.05, 4.69) is 21.2 Å². The fraction of sp³-hybridized carbons (Fsp3) is 0.481. The molecule has 204 valence electrons. The Morgan fingerprint density at radius 2 is 1.78 bits per heavy atom. The zero-order chi connectivity index (χ0) is 27.4. The second-order valence-electron chi connectivity index (χ2n) is 8.84. The third-order valence-corrected chi connectivity index (χ3v) is 7.51. The van der Waals surface area contributed by atoms with Crippen LogP contribution >= 0.6 is 15.9 Å². The van der Waals surface area contributed by atoms with Crippen molar-refractivity contribution in [1.29, 1.82) is 0 Å². The normalized spacial score (nSPS) is 12.0. The van der Waals surface area contributed by atoms with Crippen molar-refractivity contribution in [2.45, 2.75) is 59.0 Å². The fourth-order valence-electron chi connectivity index (χ4n) is 3.83. The molecular formula is C27H38BrN3O5S. The number of rotatable bonds is 15. The Morgan fingerprint density at radius 1 is 1.08 bits per heavy atom. The van der Waals surface area contributed by atoms with Crippen LogP contribution in [0, 0.1) is 0 Å². The van der Waals surface area contributed by atoms with Gasteiger partial charge in [-0.25, -0.2) is 8.42 Å². The van der Waals surface area contributed by atoms with Gasteiger partial charge >= 0.3 is 0 Å². The van der Waals surface area contributed by atoms with Crippen LogP contribution in [0.1, 0.15) is 52.0 Å².